The largest absolute Gasteiger partial charge is 0.453 e. The molecule has 9 heteroatoms. The van der Waals surface area contributed by atoms with E-state index in [0.29, 0.717) is 22.1 Å². The molecule has 0 aliphatic carbocycles. The van der Waals surface area contributed by atoms with Gasteiger partial charge in [0.1, 0.15) is 5.76 Å². The van der Waals surface area contributed by atoms with Crippen LogP contribution in [-0.2, 0) is 5.60 Å². The van der Waals surface area contributed by atoms with Crippen LogP contribution in [0.5, 0.6) is 0 Å². The molecule has 0 saturated heterocycles. The molecular weight excluding hydrogens is 511 g/mol. The Hall–Kier alpha value is -0.276. The number of anilines is 1. The maximum atomic E-state index is 12.1. The van der Waals surface area contributed by atoms with E-state index < -0.39 is 5.60 Å². The van der Waals surface area contributed by atoms with Gasteiger partial charge in [0.15, 0.2) is 5.09 Å². The first-order valence-corrected chi connectivity index (χ1v) is 9.67. The molecule has 2 heterocycles. The average molecular weight is 536 g/mol. The van der Waals surface area contributed by atoms with Crippen LogP contribution in [0.1, 0.15) is 38.5 Å². The molecule has 1 radical (unpaired) electrons. The molecule has 6 nitrogen and oxygen atoms in total. The van der Waals surface area contributed by atoms with Gasteiger partial charge in [0.2, 0.25) is 0 Å². The second-order valence-electron chi connectivity index (χ2n) is 5.89. The van der Waals surface area contributed by atoms with E-state index in [1.54, 1.807) is 44.8 Å². The molecule has 0 saturated carbocycles. The monoisotopic (exact) mass is 536 g/mol. The van der Waals surface area contributed by atoms with Crippen LogP contribution < -0.4 is 10.0 Å². The molecule has 27 heavy (non-hydrogen) atoms. The molecule has 0 aliphatic rings. The Morgan fingerprint density at radius 1 is 1.44 bits per heavy atom. The number of urea groups is 1. The predicted molar refractivity (Wildman–Crippen MR) is 107 cm³/mol. The molecule has 2 rings (SSSR count). The third-order valence-electron chi connectivity index (χ3n) is 3.22. The van der Waals surface area contributed by atoms with Crippen molar-refractivity contribution in [3.8, 4) is 0 Å². The Morgan fingerprint density at radius 3 is 2.74 bits per heavy atom. The van der Waals surface area contributed by atoms with Gasteiger partial charge in [-0.1, -0.05) is 13.1 Å². The van der Waals surface area contributed by atoms with Crippen LogP contribution in [0.4, 0.5) is 10.5 Å². The van der Waals surface area contributed by atoms with Crippen LogP contribution in [0, 0.1) is 61.7 Å². The molecule has 2 aromatic heterocycles. The number of amides is 2. The van der Waals surface area contributed by atoms with Crippen molar-refractivity contribution in [3.63, 3.8) is 0 Å². The Morgan fingerprint density at radius 2 is 2.15 bits per heavy atom. The number of carbonyl (C=O) groups is 1. The summed E-state index contributed by atoms with van der Waals surface area (Å²) in [5.41, 5.74) is 0.295. The number of aromatic nitrogens is 1. The van der Waals surface area contributed by atoms with Crippen molar-refractivity contribution in [2.45, 2.75) is 49.7 Å². The van der Waals surface area contributed by atoms with Gasteiger partial charge in [-0.15, -0.1) is 10.6 Å². The van der Waals surface area contributed by atoms with Gasteiger partial charge in [-0.05, 0) is 45.2 Å². The van der Waals surface area contributed by atoms with Crippen molar-refractivity contribution in [2.24, 2.45) is 0 Å². The molecule has 0 unspecified atom stereocenters. The normalized spacial score (nSPS) is 10.6. The van der Waals surface area contributed by atoms with Crippen LogP contribution in [0.15, 0.2) is 32.9 Å². The van der Waals surface area contributed by atoms with E-state index in [1.165, 1.54) is 6.20 Å². The van der Waals surface area contributed by atoms with Crippen LogP contribution in [0.3, 0.4) is 0 Å². The molecule has 0 aliphatic heterocycles. The maximum Gasteiger partial charge on any atom is 0.326 e. The number of nitrogens with zero attached hydrogens (tertiary/aromatic N) is 1. The molecule has 2 aromatic rings. The van der Waals surface area contributed by atoms with Gasteiger partial charge in [-0.3, -0.25) is 4.72 Å². The number of hydrogen-bond acceptors (Lipinski definition) is 6. The van der Waals surface area contributed by atoms with E-state index in [1.807, 2.05) is 0 Å². The minimum Gasteiger partial charge on any atom is -0.453 e. The van der Waals surface area contributed by atoms with Gasteiger partial charge >= 0.3 is 6.03 Å². The first kappa shape index (κ1) is 26.7. The third-order valence-corrected chi connectivity index (χ3v) is 5.14. The number of nitrogens with one attached hydrogen (secondary N) is 2. The molecule has 3 N–H and O–H groups in total. The maximum absolute atomic E-state index is 12.1. The number of carbonyl (C=O) groups excluding carboxylic acids is 1. The van der Waals surface area contributed by atoms with Crippen molar-refractivity contribution < 1.29 is 55.6 Å². The van der Waals surface area contributed by atoms with E-state index in [0.717, 1.165) is 29.0 Å². The van der Waals surface area contributed by atoms with Crippen LogP contribution in [-0.4, -0.2) is 21.9 Å². The van der Waals surface area contributed by atoms with Gasteiger partial charge in [0.05, 0.1) is 5.60 Å². The van der Waals surface area contributed by atoms with E-state index in [-0.39, 0.29) is 54.7 Å². The fourth-order valence-corrected chi connectivity index (χ4v) is 3.51. The van der Waals surface area contributed by atoms with Gasteiger partial charge < -0.3 is 27.3 Å². The predicted octanol–water partition coefficient (Wildman–Crippen LogP) is 4.79. The number of aliphatic hydroxyl groups is 1. The van der Waals surface area contributed by atoms with Crippen molar-refractivity contribution in [1.82, 2.24) is 9.71 Å². The van der Waals surface area contributed by atoms with Crippen LogP contribution in [0.25, 0.3) is 0 Å². The number of aryl methyl sites for hydroxylation is 1. The topological polar surface area (TPSA) is 87.4 Å². The number of thioether (sulfide) groups is 1. The summed E-state index contributed by atoms with van der Waals surface area (Å²) >= 11 is 2.67. The molecule has 0 spiro atoms. The van der Waals surface area contributed by atoms with Gasteiger partial charge in [0, 0.05) is 58.8 Å². The van der Waals surface area contributed by atoms with Gasteiger partial charge in [-0.2, -0.15) is 0 Å². The van der Waals surface area contributed by atoms with Crippen molar-refractivity contribution in [1.29, 1.82) is 0 Å². The number of furan rings is 1. The third kappa shape index (κ3) is 8.32. The minimum absolute atomic E-state index is 0. The molecule has 0 aromatic carbocycles. The van der Waals surface area contributed by atoms with Gasteiger partial charge in [-0.25, -0.2) is 22.6 Å². The zero-order chi connectivity index (χ0) is 18.4. The number of pyridine rings is 1. The van der Waals surface area contributed by atoms with E-state index in [4.69, 9.17) is 4.42 Å². The minimum atomic E-state index is -0.994. The fraction of sp³-hybridized carbons (Fsp3) is 0.389. The molecule has 2 amide bonds. The Bertz CT molecular complexity index is 733. The molecular formula is C18H25N3O3PrS2-2. The van der Waals surface area contributed by atoms with Crippen molar-refractivity contribution >= 4 is 35.4 Å². The Kier molecular flexibility index (Phi) is 12.2. The van der Waals surface area contributed by atoms with Crippen molar-refractivity contribution in [2.75, 3.05) is 11.1 Å². The first-order chi connectivity index (χ1) is 11.8. The summed E-state index contributed by atoms with van der Waals surface area (Å²) in [5, 5.41) is 13.3. The SMILES string of the molecule is CCCSc1cnc[c-]c1NC(=O)NSc1cc(C(C)(C)O)c(C)o1.[CH3-].[Pr]. The average Bonchev–Trinajstić information content (AvgIpc) is 2.93. The Labute approximate surface area is 203 Å². The molecule has 0 atom stereocenters. The summed E-state index contributed by atoms with van der Waals surface area (Å²) in [7, 11) is 0. The van der Waals surface area contributed by atoms with Crippen molar-refractivity contribution in [3.05, 3.63) is 43.3 Å². The fourth-order valence-electron chi connectivity index (χ4n) is 2.11. The summed E-state index contributed by atoms with van der Waals surface area (Å²) in [4.78, 5) is 17.0. The summed E-state index contributed by atoms with van der Waals surface area (Å²) in [5.74, 6) is 1.56. The molecule has 0 fully saturated rings. The second kappa shape index (κ2) is 12.3. The smallest absolute Gasteiger partial charge is 0.326 e. The van der Waals surface area contributed by atoms with Gasteiger partial charge in [0.25, 0.3) is 0 Å². The second-order valence-corrected chi connectivity index (χ2v) is 7.84. The quantitative estimate of drug-likeness (QED) is 0.268. The summed E-state index contributed by atoms with van der Waals surface area (Å²) in [6.07, 6.45) is 4.26. The Balaban J connectivity index is 0.00000338. The molecule has 147 valence electrons. The molecule has 0 bridgehead atoms. The first-order valence-electron chi connectivity index (χ1n) is 7.87. The van der Waals surface area contributed by atoms with E-state index in [2.05, 4.69) is 28.0 Å². The summed E-state index contributed by atoms with van der Waals surface area (Å²) < 4.78 is 8.22. The standard InChI is InChI=1S/C17H22N3O3S2.CH3.Pr/c1-5-8-24-14-10-18-7-6-13(14)19-16(21)20-25-15-9-12(11(2)23-15)17(3,4)22;;/h7,9-10,22H,5,8H2,1-4H3,(H2,18,19,20,21);1H3;/q2*-1;. The zero-order valence-corrected chi connectivity index (χ0v) is 21.6. The van der Waals surface area contributed by atoms with E-state index in [9.17, 15) is 9.90 Å². The van der Waals surface area contributed by atoms with Crippen LogP contribution in [0.2, 0.25) is 0 Å². The van der Waals surface area contributed by atoms with Crippen LogP contribution >= 0.6 is 23.7 Å². The summed E-state index contributed by atoms with van der Waals surface area (Å²) in [6.45, 7) is 7.25. The van der Waals surface area contributed by atoms with E-state index >= 15 is 0 Å². The zero-order valence-electron chi connectivity index (χ0n) is 16.3. The number of hydrogen-bond donors (Lipinski definition) is 3. The number of rotatable bonds is 7. The summed E-state index contributed by atoms with van der Waals surface area (Å²) in [6, 6.07) is 4.28.